The van der Waals surface area contributed by atoms with E-state index in [4.69, 9.17) is 19.9 Å². The summed E-state index contributed by atoms with van der Waals surface area (Å²) in [5.74, 6) is 1.12. The van der Waals surface area contributed by atoms with E-state index in [1.807, 2.05) is 0 Å². The van der Waals surface area contributed by atoms with Crippen molar-refractivity contribution in [3.8, 4) is 45.8 Å². The molecule has 0 unspecified atom stereocenters. The predicted octanol–water partition coefficient (Wildman–Crippen LogP) is 14.5. The molecule has 1 aliphatic carbocycles. The maximum Gasteiger partial charge on any atom is 0.237 e. The molecule has 0 fully saturated rings. The summed E-state index contributed by atoms with van der Waals surface area (Å²) >= 11 is 0. The first-order valence-electron chi connectivity index (χ1n) is 23.0. The minimum atomic E-state index is 0.561. The lowest BCUT2D eigenvalue weighted by Crippen LogP contribution is -2.07. The van der Waals surface area contributed by atoms with Crippen molar-refractivity contribution in [2.45, 2.75) is 0 Å². The van der Waals surface area contributed by atoms with Crippen LogP contribution in [0.1, 0.15) is 0 Å². The third-order valence-corrected chi connectivity index (χ3v) is 14.3. The first-order chi connectivity index (χ1) is 33.8. The molecular formula is C60H34N8. The van der Waals surface area contributed by atoms with Crippen molar-refractivity contribution in [3.05, 3.63) is 206 Å². The van der Waals surface area contributed by atoms with Gasteiger partial charge in [0.05, 0.1) is 60.9 Å². The van der Waals surface area contributed by atoms with Gasteiger partial charge in [-0.2, -0.15) is 9.97 Å². The quantitative estimate of drug-likeness (QED) is 0.177. The zero-order chi connectivity index (χ0) is 44.2. The molecule has 9 aromatic carbocycles. The number of benzene rings is 9. The molecule has 8 heteroatoms. The highest BCUT2D eigenvalue weighted by atomic mass is 15.2. The Morgan fingerprint density at radius 3 is 1.06 bits per heavy atom. The molecule has 6 heterocycles. The molecule has 0 amide bonds. The summed E-state index contributed by atoms with van der Waals surface area (Å²) in [7, 11) is 0. The molecule has 68 heavy (non-hydrogen) atoms. The van der Waals surface area contributed by atoms with E-state index in [-0.39, 0.29) is 0 Å². The van der Waals surface area contributed by atoms with Crippen LogP contribution in [0.2, 0.25) is 0 Å². The van der Waals surface area contributed by atoms with Gasteiger partial charge in [0.1, 0.15) is 0 Å². The van der Waals surface area contributed by atoms with Gasteiger partial charge in [-0.05, 0) is 60.7 Å². The number of hydrogen-bond donors (Lipinski definition) is 0. The Hall–Kier alpha value is -9.40. The van der Waals surface area contributed by atoms with Gasteiger partial charge >= 0.3 is 0 Å². The van der Waals surface area contributed by atoms with Crippen LogP contribution in [-0.2, 0) is 0 Å². The summed E-state index contributed by atoms with van der Waals surface area (Å²) in [5, 5.41) is 10.0. The molecule has 0 atom stereocenters. The summed E-state index contributed by atoms with van der Waals surface area (Å²) in [6.45, 7) is 0. The molecule has 0 radical (unpaired) electrons. The minimum absolute atomic E-state index is 0.561. The van der Waals surface area contributed by atoms with E-state index in [1.54, 1.807) is 0 Å². The van der Waals surface area contributed by atoms with Crippen LogP contribution in [0.25, 0.3) is 144 Å². The van der Waals surface area contributed by atoms with E-state index in [2.05, 4.69) is 225 Å². The molecule has 1 aliphatic rings. The zero-order valence-electron chi connectivity index (χ0n) is 36.2. The number of para-hydroxylation sites is 6. The number of aromatic nitrogens is 8. The number of fused-ring (bicyclic) bond motifs is 17. The van der Waals surface area contributed by atoms with Gasteiger partial charge in [-0.1, -0.05) is 146 Å². The first-order valence-corrected chi connectivity index (χ1v) is 23.0. The molecule has 6 aromatic heterocycles. The van der Waals surface area contributed by atoms with Gasteiger partial charge < -0.3 is 9.13 Å². The number of nitrogens with zero attached hydrogens (tertiary/aromatic N) is 8. The maximum absolute atomic E-state index is 5.58. The van der Waals surface area contributed by atoms with Crippen molar-refractivity contribution in [1.82, 2.24) is 38.2 Å². The highest BCUT2D eigenvalue weighted by Gasteiger charge is 2.31. The van der Waals surface area contributed by atoms with Crippen LogP contribution >= 0.6 is 0 Å². The van der Waals surface area contributed by atoms with Gasteiger partial charge in [-0.25, -0.2) is 9.97 Å². The SMILES string of the molecule is c1ccc(-n2c3ccccc3c3c2ccc2c4ccccc4n(-c4nc5c6c(nc(-n7c8ccccc8c8ccc9c(c%10ccccc%10n9-c9ccccc9)c87)nc6n4)-c4ccccc4-5)c23)cc1. The monoisotopic (exact) mass is 866 g/mol. The fraction of sp³-hybridized carbons (Fsp3) is 0. The second-order valence-corrected chi connectivity index (χ2v) is 17.8. The van der Waals surface area contributed by atoms with Gasteiger partial charge in [0.25, 0.3) is 0 Å². The molecule has 0 bridgehead atoms. The molecule has 15 aromatic rings. The molecule has 16 rings (SSSR count). The van der Waals surface area contributed by atoms with Crippen molar-refractivity contribution in [1.29, 1.82) is 0 Å². The summed E-state index contributed by atoms with van der Waals surface area (Å²) < 4.78 is 9.29. The Bertz CT molecular complexity index is 4380. The molecule has 0 N–H and O–H groups in total. The Morgan fingerprint density at radius 1 is 0.250 bits per heavy atom. The summed E-state index contributed by atoms with van der Waals surface area (Å²) in [4.78, 5) is 22.3. The van der Waals surface area contributed by atoms with Crippen molar-refractivity contribution in [2.75, 3.05) is 0 Å². The Labute approximate surface area is 386 Å². The van der Waals surface area contributed by atoms with E-state index < -0.39 is 0 Å². The first kappa shape index (κ1) is 35.9. The van der Waals surface area contributed by atoms with E-state index in [0.717, 1.165) is 126 Å². The average molecular weight is 867 g/mol. The fourth-order valence-corrected chi connectivity index (χ4v) is 11.6. The van der Waals surface area contributed by atoms with Crippen LogP contribution in [0.5, 0.6) is 0 Å². The summed E-state index contributed by atoms with van der Waals surface area (Å²) in [6.07, 6.45) is 0. The second-order valence-electron chi connectivity index (χ2n) is 17.8. The van der Waals surface area contributed by atoms with Crippen LogP contribution in [0.3, 0.4) is 0 Å². The molecule has 8 nitrogen and oxygen atoms in total. The van der Waals surface area contributed by atoms with E-state index in [1.165, 1.54) is 0 Å². The fourth-order valence-electron chi connectivity index (χ4n) is 11.6. The van der Waals surface area contributed by atoms with Crippen LogP contribution in [0.15, 0.2) is 206 Å². The van der Waals surface area contributed by atoms with Gasteiger partial charge in [0.15, 0.2) is 5.65 Å². The topological polar surface area (TPSA) is 71.3 Å². The normalized spacial score (nSPS) is 12.4. The Kier molecular flexibility index (Phi) is 6.92. The largest absolute Gasteiger partial charge is 0.309 e. The Balaban J connectivity index is 1.04. The Morgan fingerprint density at radius 2 is 0.618 bits per heavy atom. The molecule has 0 aliphatic heterocycles. The third kappa shape index (κ3) is 4.57. The molecule has 0 spiro atoms. The van der Waals surface area contributed by atoms with E-state index >= 15 is 0 Å². The lowest BCUT2D eigenvalue weighted by Gasteiger charge is -2.12. The van der Waals surface area contributed by atoms with Gasteiger partial charge in [-0.15, -0.1) is 0 Å². The van der Waals surface area contributed by atoms with Crippen LogP contribution in [0.4, 0.5) is 0 Å². The van der Waals surface area contributed by atoms with Crippen molar-refractivity contribution in [2.24, 2.45) is 0 Å². The molecular weight excluding hydrogens is 833 g/mol. The van der Waals surface area contributed by atoms with Crippen molar-refractivity contribution >= 4 is 98.3 Å². The van der Waals surface area contributed by atoms with Gasteiger partial charge in [0, 0.05) is 65.6 Å². The lowest BCUT2D eigenvalue weighted by atomic mass is 10.1. The predicted molar refractivity (Wildman–Crippen MR) is 277 cm³/mol. The highest BCUT2D eigenvalue weighted by molar-refractivity contribution is 6.28. The standard InChI is InChI=1S/C60H34N8/c1-3-17-35(18-4-1)65-47-29-15-11-25-43(47)51-49(65)33-31-41-37-21-9-13-27-45(37)67(56(41)51)59-61-54-39-23-7-8-24-40(39)55-53(54)58(63-59)64-60(62-55)68-46-28-14-10-22-38(46)42-32-34-50-52(57(42)68)44-26-12-16-30-48(44)66(50)36-19-5-2-6-20-36/h1-34H. The van der Waals surface area contributed by atoms with Gasteiger partial charge in [0.2, 0.25) is 11.9 Å². The number of hydrogen-bond acceptors (Lipinski definition) is 4. The van der Waals surface area contributed by atoms with Crippen LogP contribution in [0, 0.1) is 0 Å². The molecule has 0 saturated heterocycles. The van der Waals surface area contributed by atoms with Crippen LogP contribution < -0.4 is 0 Å². The van der Waals surface area contributed by atoms with E-state index in [9.17, 15) is 0 Å². The zero-order valence-corrected chi connectivity index (χ0v) is 36.2. The minimum Gasteiger partial charge on any atom is -0.309 e. The maximum atomic E-state index is 5.58. The highest BCUT2D eigenvalue weighted by Crippen LogP contribution is 2.48. The number of rotatable bonds is 4. The smallest absolute Gasteiger partial charge is 0.237 e. The second kappa shape index (κ2) is 13.1. The average Bonchev–Trinajstić information content (AvgIpc) is 4.19. The lowest BCUT2D eigenvalue weighted by molar-refractivity contribution is 0.978. The van der Waals surface area contributed by atoms with Crippen molar-refractivity contribution < 1.29 is 0 Å². The molecule has 314 valence electrons. The summed E-state index contributed by atoms with van der Waals surface area (Å²) in [6, 6.07) is 73.4. The van der Waals surface area contributed by atoms with E-state index in [0.29, 0.717) is 17.5 Å². The van der Waals surface area contributed by atoms with Crippen molar-refractivity contribution in [3.63, 3.8) is 0 Å². The summed E-state index contributed by atoms with van der Waals surface area (Å²) in [5.41, 5.74) is 15.2. The third-order valence-electron chi connectivity index (χ3n) is 14.3. The van der Waals surface area contributed by atoms with Crippen LogP contribution in [-0.4, -0.2) is 38.2 Å². The van der Waals surface area contributed by atoms with Gasteiger partial charge in [-0.3, -0.25) is 9.13 Å². The molecule has 0 saturated carbocycles.